The fourth-order valence-electron chi connectivity index (χ4n) is 1.93. The van der Waals surface area contributed by atoms with Gasteiger partial charge in [0.05, 0.1) is 5.75 Å². The number of amides is 2. The Hall–Kier alpha value is -2.54. The first-order valence-electron chi connectivity index (χ1n) is 7.75. The van der Waals surface area contributed by atoms with Crippen molar-refractivity contribution in [2.24, 2.45) is 0 Å². The van der Waals surface area contributed by atoms with Gasteiger partial charge in [0.1, 0.15) is 11.6 Å². The van der Waals surface area contributed by atoms with Crippen molar-refractivity contribution in [2.75, 3.05) is 24.2 Å². The molecule has 0 heterocycles. The Morgan fingerprint density at radius 3 is 2.48 bits per heavy atom. The molecular formula is C18H19FN2O3S. The van der Waals surface area contributed by atoms with Crippen LogP contribution in [0.15, 0.2) is 53.4 Å². The fraction of sp³-hybridized carbons (Fsp3) is 0.222. The van der Waals surface area contributed by atoms with Crippen LogP contribution < -0.4 is 15.4 Å². The van der Waals surface area contributed by atoms with Crippen LogP contribution in [0.2, 0.25) is 0 Å². The fourth-order valence-corrected chi connectivity index (χ4v) is 2.67. The number of hydrogen-bond acceptors (Lipinski definition) is 4. The minimum atomic E-state index is -0.339. The Balaban J connectivity index is 1.79. The van der Waals surface area contributed by atoms with Crippen molar-refractivity contribution in [1.82, 2.24) is 5.32 Å². The zero-order chi connectivity index (χ0) is 18.1. The van der Waals surface area contributed by atoms with Gasteiger partial charge in [0.25, 0.3) is 5.91 Å². The highest BCUT2D eigenvalue weighted by atomic mass is 32.2. The molecule has 0 atom stereocenters. The molecule has 132 valence electrons. The van der Waals surface area contributed by atoms with Crippen molar-refractivity contribution in [3.8, 4) is 5.75 Å². The largest absolute Gasteiger partial charge is 0.484 e. The first-order valence-corrected chi connectivity index (χ1v) is 8.73. The number of nitrogens with one attached hydrogen (secondary N) is 2. The second-order valence-electron chi connectivity index (χ2n) is 5.03. The molecule has 0 aliphatic carbocycles. The summed E-state index contributed by atoms with van der Waals surface area (Å²) < 4.78 is 18.8. The molecule has 0 spiro atoms. The van der Waals surface area contributed by atoms with Gasteiger partial charge in [0.2, 0.25) is 5.91 Å². The first-order chi connectivity index (χ1) is 12.1. The van der Waals surface area contributed by atoms with Crippen molar-refractivity contribution in [3.05, 3.63) is 54.3 Å². The average Bonchev–Trinajstić information content (AvgIpc) is 2.61. The van der Waals surface area contributed by atoms with Crippen LogP contribution >= 0.6 is 11.8 Å². The van der Waals surface area contributed by atoms with Crippen molar-refractivity contribution >= 4 is 29.3 Å². The van der Waals surface area contributed by atoms with Crippen LogP contribution in [0.4, 0.5) is 10.1 Å². The predicted molar refractivity (Wildman–Crippen MR) is 96.4 cm³/mol. The van der Waals surface area contributed by atoms with Crippen LogP contribution in [0.25, 0.3) is 0 Å². The maximum Gasteiger partial charge on any atom is 0.257 e. The second-order valence-corrected chi connectivity index (χ2v) is 6.05. The highest BCUT2D eigenvalue weighted by Crippen LogP contribution is 2.21. The van der Waals surface area contributed by atoms with E-state index in [4.69, 9.17) is 4.74 Å². The molecule has 2 aromatic rings. The van der Waals surface area contributed by atoms with Gasteiger partial charge in [-0.25, -0.2) is 4.39 Å². The van der Waals surface area contributed by atoms with Gasteiger partial charge in [-0.1, -0.05) is 12.1 Å². The summed E-state index contributed by atoms with van der Waals surface area (Å²) in [5.41, 5.74) is 0.601. The number of ether oxygens (including phenoxy) is 1. The van der Waals surface area contributed by atoms with Crippen LogP contribution in [0.1, 0.15) is 6.92 Å². The van der Waals surface area contributed by atoms with E-state index in [1.165, 1.54) is 6.07 Å². The number of likely N-dealkylation sites (N-methyl/N-ethyl adjacent to an activating group) is 1. The lowest BCUT2D eigenvalue weighted by Crippen LogP contribution is -2.28. The molecule has 2 N–H and O–H groups in total. The molecule has 0 aliphatic rings. The lowest BCUT2D eigenvalue weighted by molar-refractivity contribution is -0.123. The van der Waals surface area contributed by atoms with Gasteiger partial charge < -0.3 is 15.4 Å². The summed E-state index contributed by atoms with van der Waals surface area (Å²) in [6, 6.07) is 13.0. The van der Waals surface area contributed by atoms with Gasteiger partial charge in [0, 0.05) is 17.1 Å². The van der Waals surface area contributed by atoms with E-state index in [9.17, 15) is 14.0 Å². The quantitative estimate of drug-likeness (QED) is 0.708. The summed E-state index contributed by atoms with van der Waals surface area (Å²) in [7, 11) is 0. The molecule has 0 fully saturated rings. The van der Waals surface area contributed by atoms with Gasteiger partial charge in [-0.15, -0.1) is 11.8 Å². The van der Waals surface area contributed by atoms with E-state index >= 15 is 0 Å². The third-order valence-electron chi connectivity index (χ3n) is 3.08. The van der Waals surface area contributed by atoms with Gasteiger partial charge in [-0.05, 0) is 43.3 Å². The van der Waals surface area contributed by atoms with Crippen LogP contribution in [0.5, 0.6) is 5.75 Å². The van der Waals surface area contributed by atoms with E-state index in [1.807, 2.05) is 6.92 Å². The van der Waals surface area contributed by atoms with Gasteiger partial charge in [-0.3, -0.25) is 9.59 Å². The molecule has 0 radical (unpaired) electrons. The van der Waals surface area contributed by atoms with E-state index in [2.05, 4.69) is 10.6 Å². The lowest BCUT2D eigenvalue weighted by Gasteiger charge is -2.08. The Labute approximate surface area is 150 Å². The van der Waals surface area contributed by atoms with Gasteiger partial charge >= 0.3 is 0 Å². The number of halogens is 1. The molecular weight excluding hydrogens is 343 g/mol. The van der Waals surface area contributed by atoms with Gasteiger partial charge in [0.15, 0.2) is 6.61 Å². The molecule has 2 amide bonds. The number of carbonyl (C=O) groups excluding carboxylic acids is 2. The van der Waals surface area contributed by atoms with E-state index < -0.39 is 0 Å². The molecule has 0 saturated carbocycles. The number of anilines is 1. The Kier molecular flexibility index (Phi) is 7.28. The number of benzene rings is 2. The number of hydrogen-bond donors (Lipinski definition) is 2. The summed E-state index contributed by atoms with van der Waals surface area (Å²) in [5.74, 6) is -0.121. The molecule has 0 bridgehead atoms. The summed E-state index contributed by atoms with van der Waals surface area (Å²) in [6.07, 6.45) is 0. The van der Waals surface area contributed by atoms with Crippen molar-refractivity contribution < 1.29 is 18.7 Å². The van der Waals surface area contributed by atoms with E-state index in [0.717, 1.165) is 11.8 Å². The molecule has 2 rings (SSSR count). The molecule has 5 nitrogen and oxygen atoms in total. The lowest BCUT2D eigenvalue weighted by atomic mass is 10.3. The Morgan fingerprint density at radius 2 is 1.80 bits per heavy atom. The summed E-state index contributed by atoms with van der Waals surface area (Å²) >= 11 is 1.14. The van der Waals surface area contributed by atoms with E-state index in [1.54, 1.807) is 42.5 Å². The smallest absolute Gasteiger partial charge is 0.257 e. The summed E-state index contributed by atoms with van der Waals surface area (Å²) in [6.45, 7) is 2.33. The third kappa shape index (κ3) is 6.46. The summed E-state index contributed by atoms with van der Waals surface area (Å²) in [4.78, 5) is 23.7. The number of rotatable bonds is 8. The molecule has 7 heteroatoms. The van der Waals surface area contributed by atoms with Crippen LogP contribution in [0, 0.1) is 5.82 Å². The average molecular weight is 362 g/mol. The van der Waals surface area contributed by atoms with Crippen LogP contribution in [0.3, 0.4) is 0 Å². The maximum atomic E-state index is 13.5. The van der Waals surface area contributed by atoms with Crippen molar-refractivity contribution in [1.29, 1.82) is 0 Å². The zero-order valence-electron chi connectivity index (χ0n) is 13.8. The van der Waals surface area contributed by atoms with Crippen molar-refractivity contribution in [3.63, 3.8) is 0 Å². The highest BCUT2D eigenvalue weighted by molar-refractivity contribution is 8.00. The molecule has 25 heavy (non-hydrogen) atoms. The Morgan fingerprint density at radius 1 is 1.08 bits per heavy atom. The first kappa shape index (κ1) is 18.8. The predicted octanol–water partition coefficient (Wildman–Crippen LogP) is 3.07. The maximum absolute atomic E-state index is 13.5. The standard InChI is InChI=1S/C18H19FN2O3S/c1-2-20-17(22)11-24-14-9-7-13(8-10-14)21-18(23)12-25-16-6-4-3-5-15(16)19/h3-10H,2,11-12H2,1H3,(H,20,22)(H,21,23). The second kappa shape index (κ2) is 9.68. The topological polar surface area (TPSA) is 67.4 Å². The number of thioether (sulfide) groups is 1. The van der Waals surface area contributed by atoms with Crippen LogP contribution in [-0.4, -0.2) is 30.7 Å². The molecule has 0 aromatic heterocycles. The SMILES string of the molecule is CCNC(=O)COc1ccc(NC(=O)CSc2ccccc2F)cc1. The normalized spacial score (nSPS) is 10.2. The van der Waals surface area contributed by atoms with Crippen LogP contribution in [-0.2, 0) is 9.59 Å². The van der Waals surface area contributed by atoms with Gasteiger partial charge in [-0.2, -0.15) is 0 Å². The minimum Gasteiger partial charge on any atom is -0.484 e. The number of carbonyl (C=O) groups is 2. The Bertz CT molecular complexity index is 723. The monoisotopic (exact) mass is 362 g/mol. The van der Waals surface area contributed by atoms with E-state index in [0.29, 0.717) is 22.9 Å². The molecule has 2 aromatic carbocycles. The summed E-state index contributed by atoms with van der Waals surface area (Å²) in [5, 5.41) is 5.36. The molecule has 0 aliphatic heterocycles. The zero-order valence-corrected chi connectivity index (χ0v) is 14.6. The minimum absolute atomic E-state index is 0.0567. The molecule has 0 unspecified atom stereocenters. The van der Waals surface area contributed by atoms with E-state index in [-0.39, 0.29) is 30.0 Å². The highest BCUT2D eigenvalue weighted by Gasteiger charge is 2.07. The third-order valence-corrected chi connectivity index (χ3v) is 4.13. The van der Waals surface area contributed by atoms with Crippen molar-refractivity contribution in [2.45, 2.75) is 11.8 Å². The molecule has 0 saturated heterocycles.